The summed E-state index contributed by atoms with van der Waals surface area (Å²) in [4.78, 5) is 33.8. The van der Waals surface area contributed by atoms with Crippen molar-refractivity contribution < 1.29 is 9.59 Å². The second-order valence-electron chi connectivity index (χ2n) is 9.94. The van der Waals surface area contributed by atoms with Crippen LogP contribution in [-0.4, -0.2) is 53.9 Å². The largest absolute Gasteiger partial charge is 0.353 e. The number of nitrogens with zero attached hydrogens (tertiary/aromatic N) is 3. The highest BCUT2D eigenvalue weighted by atomic mass is 16.2. The number of piperazine rings is 1. The second-order valence-corrected chi connectivity index (χ2v) is 9.94. The molecule has 1 atom stereocenters. The summed E-state index contributed by atoms with van der Waals surface area (Å²) in [7, 11) is 0. The summed E-state index contributed by atoms with van der Waals surface area (Å²) >= 11 is 0. The monoisotopic (exact) mass is 396 g/mol. The van der Waals surface area contributed by atoms with Crippen LogP contribution in [0.5, 0.6) is 0 Å². The minimum Gasteiger partial charge on any atom is -0.353 e. The van der Waals surface area contributed by atoms with Gasteiger partial charge in [-0.15, -0.1) is 0 Å². The highest BCUT2D eigenvalue weighted by Crippen LogP contribution is 2.61. The van der Waals surface area contributed by atoms with Crippen molar-refractivity contribution in [3.63, 3.8) is 0 Å². The van der Waals surface area contributed by atoms with Gasteiger partial charge in [0.2, 0.25) is 0 Å². The predicted molar refractivity (Wildman–Crippen MR) is 111 cm³/mol. The van der Waals surface area contributed by atoms with E-state index in [-0.39, 0.29) is 17.4 Å². The molecule has 1 aromatic rings. The fraction of sp³-hybridized carbons (Fsp3) is 0.696. The van der Waals surface area contributed by atoms with Crippen molar-refractivity contribution in [2.45, 2.75) is 51.5 Å². The van der Waals surface area contributed by atoms with Gasteiger partial charge < -0.3 is 15.1 Å². The van der Waals surface area contributed by atoms with Gasteiger partial charge in [0.1, 0.15) is 5.82 Å². The Hall–Kier alpha value is -2.11. The third-order valence-corrected chi connectivity index (χ3v) is 8.09. The van der Waals surface area contributed by atoms with E-state index in [1.54, 1.807) is 11.1 Å². The molecule has 1 N–H and O–H groups in total. The molecule has 29 heavy (non-hydrogen) atoms. The predicted octanol–water partition coefficient (Wildman–Crippen LogP) is 2.45. The normalized spacial score (nSPS) is 34.2. The van der Waals surface area contributed by atoms with E-state index in [9.17, 15) is 9.59 Å². The summed E-state index contributed by atoms with van der Waals surface area (Å²) in [6.07, 6.45) is 9.65. The molecule has 6 rings (SSSR count). The number of hydrogen-bond acceptors (Lipinski definition) is 4. The van der Waals surface area contributed by atoms with Crippen LogP contribution < -0.4 is 10.2 Å². The number of aromatic nitrogens is 1. The molecule has 0 aromatic carbocycles. The van der Waals surface area contributed by atoms with Gasteiger partial charge in [0, 0.05) is 38.4 Å². The van der Waals surface area contributed by atoms with Gasteiger partial charge in [0.25, 0.3) is 0 Å². The second kappa shape index (κ2) is 7.29. The van der Waals surface area contributed by atoms with Gasteiger partial charge >= 0.3 is 11.8 Å². The lowest BCUT2D eigenvalue weighted by atomic mass is 9.48. The van der Waals surface area contributed by atoms with Crippen LogP contribution in [-0.2, 0) is 9.59 Å². The summed E-state index contributed by atoms with van der Waals surface area (Å²) in [5.74, 6) is 2.67. The fourth-order valence-electron chi connectivity index (χ4n) is 6.94. The number of carbonyl (C=O) groups excluding carboxylic acids is 2. The smallest absolute Gasteiger partial charge is 0.312 e. The first-order chi connectivity index (χ1) is 14.0. The molecular formula is C23H32N4O2. The maximum atomic E-state index is 12.8. The maximum Gasteiger partial charge on any atom is 0.312 e. The maximum absolute atomic E-state index is 12.8. The topological polar surface area (TPSA) is 65.5 Å². The summed E-state index contributed by atoms with van der Waals surface area (Å²) < 4.78 is 0. The fourth-order valence-corrected chi connectivity index (χ4v) is 6.94. The Kier molecular flexibility index (Phi) is 4.75. The van der Waals surface area contributed by atoms with Gasteiger partial charge in [-0.05, 0) is 80.8 Å². The minimum atomic E-state index is -0.417. The van der Waals surface area contributed by atoms with E-state index in [1.165, 1.54) is 38.5 Å². The minimum absolute atomic E-state index is 0.0853. The number of carbonyl (C=O) groups is 2. The van der Waals surface area contributed by atoms with E-state index >= 15 is 0 Å². The molecular weight excluding hydrogens is 364 g/mol. The zero-order chi connectivity index (χ0) is 20.0. The molecule has 4 aliphatic carbocycles. The van der Waals surface area contributed by atoms with Gasteiger partial charge in [-0.3, -0.25) is 9.59 Å². The van der Waals surface area contributed by atoms with E-state index in [1.807, 2.05) is 18.2 Å². The quantitative estimate of drug-likeness (QED) is 0.797. The Labute approximate surface area is 173 Å². The molecule has 2 heterocycles. The Bertz CT molecular complexity index is 737. The average Bonchev–Trinajstić information content (AvgIpc) is 2.73. The standard InChI is InChI=1S/C23H32N4O2/c1-16(23-13-17-10-18(14-23)12-19(11-17)15-23)25-21(28)22(29)27-8-6-26(7-9-27)20-4-2-3-5-24-20/h2-5,16-19H,6-15H2,1H3,(H,25,28). The Morgan fingerprint density at radius 3 is 2.21 bits per heavy atom. The summed E-state index contributed by atoms with van der Waals surface area (Å²) in [6, 6.07) is 5.94. The van der Waals surface area contributed by atoms with E-state index in [0.717, 1.165) is 23.6 Å². The summed E-state index contributed by atoms with van der Waals surface area (Å²) in [5.41, 5.74) is 0.225. The lowest BCUT2D eigenvalue weighted by molar-refractivity contribution is -0.148. The molecule has 6 nitrogen and oxygen atoms in total. The van der Waals surface area contributed by atoms with Crippen molar-refractivity contribution in [1.82, 2.24) is 15.2 Å². The number of hydrogen-bond donors (Lipinski definition) is 1. The van der Waals surface area contributed by atoms with Crippen molar-refractivity contribution in [1.29, 1.82) is 0 Å². The third-order valence-electron chi connectivity index (χ3n) is 8.09. The molecule has 1 unspecified atom stereocenters. The van der Waals surface area contributed by atoms with Crippen LogP contribution in [0.4, 0.5) is 5.82 Å². The van der Waals surface area contributed by atoms with Crippen LogP contribution in [0.2, 0.25) is 0 Å². The van der Waals surface area contributed by atoms with E-state index in [0.29, 0.717) is 26.2 Å². The van der Waals surface area contributed by atoms with Crippen LogP contribution in [0, 0.1) is 23.2 Å². The van der Waals surface area contributed by atoms with Crippen LogP contribution in [0.25, 0.3) is 0 Å². The van der Waals surface area contributed by atoms with Gasteiger partial charge in [0.05, 0.1) is 0 Å². The molecule has 0 spiro atoms. The van der Waals surface area contributed by atoms with Gasteiger partial charge in [-0.2, -0.15) is 0 Å². The summed E-state index contributed by atoms with van der Waals surface area (Å²) in [6.45, 7) is 4.68. The number of rotatable bonds is 3. The molecule has 0 radical (unpaired) electrons. The van der Waals surface area contributed by atoms with E-state index < -0.39 is 5.91 Å². The molecule has 4 saturated carbocycles. The van der Waals surface area contributed by atoms with Crippen molar-refractivity contribution in [2.75, 3.05) is 31.1 Å². The van der Waals surface area contributed by atoms with Crippen LogP contribution in [0.3, 0.4) is 0 Å². The zero-order valence-electron chi connectivity index (χ0n) is 17.3. The first-order valence-electron chi connectivity index (χ1n) is 11.3. The van der Waals surface area contributed by atoms with Crippen LogP contribution in [0.1, 0.15) is 45.4 Å². The van der Waals surface area contributed by atoms with Crippen LogP contribution in [0.15, 0.2) is 24.4 Å². The Morgan fingerprint density at radius 1 is 1.03 bits per heavy atom. The molecule has 1 aromatic heterocycles. The van der Waals surface area contributed by atoms with Gasteiger partial charge in [-0.1, -0.05) is 6.07 Å². The zero-order valence-corrected chi connectivity index (χ0v) is 17.3. The molecule has 156 valence electrons. The van der Waals surface area contributed by atoms with E-state index in [2.05, 4.69) is 22.1 Å². The Balaban J connectivity index is 1.17. The van der Waals surface area contributed by atoms with E-state index in [4.69, 9.17) is 0 Å². The van der Waals surface area contributed by atoms with Crippen molar-refractivity contribution >= 4 is 17.6 Å². The van der Waals surface area contributed by atoms with Gasteiger partial charge in [0.15, 0.2) is 0 Å². The van der Waals surface area contributed by atoms with Crippen molar-refractivity contribution in [2.24, 2.45) is 23.2 Å². The number of nitrogens with one attached hydrogen (secondary N) is 1. The SMILES string of the molecule is CC(NC(=O)C(=O)N1CCN(c2ccccn2)CC1)C12CC3CC(CC(C3)C1)C2. The highest BCUT2D eigenvalue weighted by Gasteiger charge is 2.53. The first-order valence-corrected chi connectivity index (χ1v) is 11.3. The molecule has 2 amide bonds. The molecule has 6 heteroatoms. The molecule has 1 saturated heterocycles. The molecule has 5 fully saturated rings. The van der Waals surface area contributed by atoms with Gasteiger partial charge in [-0.25, -0.2) is 4.98 Å². The number of pyridine rings is 1. The molecule has 4 bridgehead atoms. The average molecular weight is 397 g/mol. The third kappa shape index (κ3) is 3.51. The van der Waals surface area contributed by atoms with Crippen molar-refractivity contribution in [3.8, 4) is 0 Å². The Morgan fingerprint density at radius 2 is 1.66 bits per heavy atom. The lowest BCUT2D eigenvalue weighted by Crippen LogP contribution is -2.58. The molecule has 1 aliphatic heterocycles. The van der Waals surface area contributed by atoms with Crippen molar-refractivity contribution in [3.05, 3.63) is 24.4 Å². The number of amides is 2. The van der Waals surface area contributed by atoms with Crippen LogP contribution >= 0.6 is 0 Å². The number of anilines is 1. The summed E-state index contributed by atoms with van der Waals surface area (Å²) in [5, 5.41) is 3.12. The molecule has 5 aliphatic rings. The lowest BCUT2D eigenvalue weighted by Gasteiger charge is -2.59. The first kappa shape index (κ1) is 18.9. The highest BCUT2D eigenvalue weighted by molar-refractivity contribution is 6.35.